The quantitative estimate of drug-likeness (QED) is 0.614. The molecule has 1 saturated carbocycles. The van der Waals surface area contributed by atoms with Crippen molar-refractivity contribution in [2.24, 2.45) is 11.3 Å². The maximum Gasteiger partial charge on any atom is -0.0102 e. The van der Waals surface area contributed by atoms with Gasteiger partial charge in [-0.25, -0.2) is 0 Å². The van der Waals surface area contributed by atoms with Crippen LogP contribution in [0.5, 0.6) is 0 Å². The highest BCUT2D eigenvalue weighted by Crippen LogP contribution is 2.62. The highest BCUT2D eigenvalue weighted by molar-refractivity contribution is 5.87. The van der Waals surface area contributed by atoms with Gasteiger partial charge in [0.25, 0.3) is 0 Å². The van der Waals surface area contributed by atoms with E-state index in [1.807, 2.05) is 0 Å². The van der Waals surface area contributed by atoms with Gasteiger partial charge in [0.2, 0.25) is 0 Å². The first-order chi connectivity index (χ1) is 8.18. The van der Waals surface area contributed by atoms with Crippen LogP contribution in [0.25, 0.3) is 10.8 Å². The zero-order chi connectivity index (χ0) is 11.6. The van der Waals surface area contributed by atoms with E-state index < -0.39 is 0 Å². The third-order valence-electron chi connectivity index (χ3n) is 5.37. The number of rotatable bonds is 0. The Morgan fingerprint density at radius 3 is 2.71 bits per heavy atom. The third kappa shape index (κ3) is 1.09. The molecule has 0 spiro atoms. The minimum absolute atomic E-state index is 0.537. The van der Waals surface area contributed by atoms with Gasteiger partial charge in [-0.15, -0.1) is 0 Å². The zero-order valence-corrected chi connectivity index (χ0v) is 10.5. The summed E-state index contributed by atoms with van der Waals surface area (Å²) in [6, 6.07) is 13.5. The maximum absolute atomic E-state index is 2.45. The van der Waals surface area contributed by atoms with E-state index >= 15 is 0 Å². The minimum Gasteiger partial charge on any atom is -0.0616 e. The third-order valence-corrected chi connectivity index (χ3v) is 5.37. The molecule has 0 N–H and O–H groups in total. The second-order valence-electron chi connectivity index (χ2n) is 6.37. The lowest BCUT2D eigenvalue weighted by Crippen LogP contribution is -2.48. The Kier molecular flexibility index (Phi) is 1.67. The van der Waals surface area contributed by atoms with Gasteiger partial charge in [-0.2, -0.15) is 0 Å². The molecule has 2 atom stereocenters. The van der Waals surface area contributed by atoms with Crippen LogP contribution in [0.4, 0.5) is 0 Å². The van der Waals surface area contributed by atoms with E-state index in [-0.39, 0.29) is 0 Å². The first-order valence-electron chi connectivity index (χ1n) is 6.68. The Bertz CT molecular complexity index is 606. The standard InChI is InChI=1S/C17H18/c1-17(2)12-9-15-13-6-4-3-5-11(13)7-8-14(15)16(17)10-12/h3-8,12,16H,9-10H2,1-2H3. The molecule has 1 fully saturated rings. The molecule has 0 heteroatoms. The van der Waals surface area contributed by atoms with Crippen molar-refractivity contribution in [3.8, 4) is 0 Å². The lowest BCUT2D eigenvalue weighted by Gasteiger charge is -2.57. The molecule has 2 aromatic carbocycles. The van der Waals surface area contributed by atoms with E-state index in [0.29, 0.717) is 5.41 Å². The van der Waals surface area contributed by atoms with Crippen LogP contribution >= 0.6 is 0 Å². The Balaban J connectivity index is 2.00. The lowest BCUT2D eigenvalue weighted by atomic mass is 9.47. The average molecular weight is 222 g/mol. The van der Waals surface area contributed by atoms with E-state index in [2.05, 4.69) is 50.2 Å². The largest absolute Gasteiger partial charge is 0.0616 e. The van der Waals surface area contributed by atoms with E-state index in [4.69, 9.17) is 0 Å². The predicted octanol–water partition coefficient (Wildman–Crippen LogP) is 4.53. The molecule has 86 valence electrons. The molecule has 2 unspecified atom stereocenters. The van der Waals surface area contributed by atoms with Crippen LogP contribution in [-0.4, -0.2) is 0 Å². The highest BCUT2D eigenvalue weighted by atomic mass is 14.6. The van der Waals surface area contributed by atoms with Gasteiger partial charge >= 0.3 is 0 Å². The van der Waals surface area contributed by atoms with Crippen molar-refractivity contribution in [2.75, 3.05) is 0 Å². The van der Waals surface area contributed by atoms with E-state index in [1.165, 1.54) is 23.6 Å². The molecular weight excluding hydrogens is 204 g/mol. The number of hydrogen-bond acceptors (Lipinski definition) is 0. The number of benzene rings is 2. The summed E-state index contributed by atoms with van der Waals surface area (Å²) in [6.45, 7) is 4.90. The fourth-order valence-electron chi connectivity index (χ4n) is 4.04. The Labute approximate surface area is 103 Å². The Morgan fingerprint density at radius 1 is 1.06 bits per heavy atom. The van der Waals surface area contributed by atoms with Gasteiger partial charge in [0.15, 0.2) is 0 Å². The first kappa shape index (κ1) is 9.70. The van der Waals surface area contributed by atoms with Crippen molar-refractivity contribution < 1.29 is 0 Å². The van der Waals surface area contributed by atoms with Crippen LogP contribution in [0.1, 0.15) is 37.3 Å². The summed E-state index contributed by atoms with van der Waals surface area (Å²) >= 11 is 0. The smallest absolute Gasteiger partial charge is 0.0102 e. The average Bonchev–Trinajstić information content (AvgIpc) is 2.37. The van der Waals surface area contributed by atoms with Gasteiger partial charge in [-0.1, -0.05) is 50.2 Å². The second-order valence-corrected chi connectivity index (χ2v) is 6.37. The highest BCUT2D eigenvalue weighted by Gasteiger charge is 2.52. The van der Waals surface area contributed by atoms with Crippen LogP contribution in [-0.2, 0) is 6.42 Å². The summed E-state index contributed by atoms with van der Waals surface area (Å²) in [5.41, 5.74) is 3.81. The number of hydrogen-bond donors (Lipinski definition) is 0. The molecule has 0 radical (unpaired) electrons. The van der Waals surface area contributed by atoms with Gasteiger partial charge in [0.05, 0.1) is 0 Å². The minimum atomic E-state index is 0.537. The van der Waals surface area contributed by atoms with Gasteiger partial charge in [-0.3, -0.25) is 0 Å². The molecule has 3 aliphatic carbocycles. The summed E-state index contributed by atoms with van der Waals surface area (Å²) in [6.07, 6.45) is 2.71. The van der Waals surface area contributed by atoms with Crippen molar-refractivity contribution in [3.63, 3.8) is 0 Å². The SMILES string of the molecule is CC1(C)C2Cc3c(ccc4ccccc34)C1C2. The maximum atomic E-state index is 2.45. The van der Waals surface area contributed by atoms with E-state index in [0.717, 1.165) is 11.8 Å². The van der Waals surface area contributed by atoms with Crippen molar-refractivity contribution in [1.82, 2.24) is 0 Å². The van der Waals surface area contributed by atoms with E-state index in [1.54, 1.807) is 11.1 Å². The molecule has 0 aliphatic heterocycles. The van der Waals surface area contributed by atoms with Crippen LogP contribution < -0.4 is 0 Å². The summed E-state index contributed by atoms with van der Waals surface area (Å²) in [4.78, 5) is 0. The first-order valence-corrected chi connectivity index (χ1v) is 6.68. The van der Waals surface area contributed by atoms with Crippen LogP contribution in [0.15, 0.2) is 36.4 Å². The molecule has 3 aliphatic rings. The van der Waals surface area contributed by atoms with Crippen LogP contribution in [0.3, 0.4) is 0 Å². The predicted molar refractivity (Wildman–Crippen MR) is 72.3 cm³/mol. The molecule has 17 heavy (non-hydrogen) atoms. The van der Waals surface area contributed by atoms with Gasteiger partial charge < -0.3 is 0 Å². The van der Waals surface area contributed by atoms with Crippen molar-refractivity contribution in [1.29, 1.82) is 0 Å². The molecule has 0 aromatic heterocycles. The fourth-order valence-corrected chi connectivity index (χ4v) is 4.04. The molecule has 0 amide bonds. The molecular formula is C17H18. The van der Waals surface area contributed by atoms with Crippen molar-refractivity contribution >= 4 is 10.8 Å². The summed E-state index contributed by atoms with van der Waals surface area (Å²) in [5.74, 6) is 1.71. The van der Waals surface area contributed by atoms with Gasteiger partial charge in [-0.05, 0) is 52.0 Å². The molecule has 2 aromatic rings. The Morgan fingerprint density at radius 2 is 1.88 bits per heavy atom. The summed E-state index contributed by atoms with van der Waals surface area (Å²) < 4.78 is 0. The Hall–Kier alpha value is -1.30. The summed E-state index contributed by atoms with van der Waals surface area (Å²) in [7, 11) is 0. The zero-order valence-electron chi connectivity index (χ0n) is 10.5. The number of fused-ring (bicyclic) bond motifs is 1. The summed E-state index contributed by atoms with van der Waals surface area (Å²) in [5, 5.41) is 2.90. The van der Waals surface area contributed by atoms with Crippen LogP contribution in [0.2, 0.25) is 0 Å². The topological polar surface area (TPSA) is 0 Å². The van der Waals surface area contributed by atoms with Crippen molar-refractivity contribution in [2.45, 2.75) is 32.6 Å². The van der Waals surface area contributed by atoms with Crippen molar-refractivity contribution in [3.05, 3.63) is 47.5 Å². The van der Waals surface area contributed by atoms with Gasteiger partial charge in [0.1, 0.15) is 0 Å². The molecule has 5 rings (SSSR count). The monoisotopic (exact) mass is 222 g/mol. The lowest BCUT2D eigenvalue weighted by molar-refractivity contribution is 0.0191. The molecule has 0 nitrogen and oxygen atoms in total. The van der Waals surface area contributed by atoms with Gasteiger partial charge in [0, 0.05) is 0 Å². The fraction of sp³-hybridized carbons (Fsp3) is 0.412. The van der Waals surface area contributed by atoms with E-state index in [9.17, 15) is 0 Å². The molecule has 0 saturated heterocycles. The second kappa shape index (κ2) is 2.93. The normalized spacial score (nSPS) is 28.6. The molecule has 2 bridgehead atoms. The molecule has 0 heterocycles. The van der Waals surface area contributed by atoms with Crippen LogP contribution in [0, 0.1) is 11.3 Å².